The zero-order chi connectivity index (χ0) is 13.4. The van der Waals surface area contributed by atoms with Crippen molar-refractivity contribution < 1.29 is 9.90 Å². The number of hydrogen-bond donors (Lipinski definition) is 1. The van der Waals surface area contributed by atoms with Crippen LogP contribution in [0.4, 0.5) is 0 Å². The fourth-order valence-electron chi connectivity index (χ4n) is 2.00. The number of aromatic nitrogens is 4. The molecule has 0 aliphatic heterocycles. The summed E-state index contributed by atoms with van der Waals surface area (Å²) in [5, 5.41) is 16.8. The lowest BCUT2D eigenvalue weighted by atomic mass is 10.2. The predicted molar refractivity (Wildman–Crippen MR) is 70.0 cm³/mol. The number of halogens is 1. The van der Waals surface area contributed by atoms with E-state index in [1.54, 1.807) is 10.9 Å². The van der Waals surface area contributed by atoms with Gasteiger partial charge in [0.05, 0.1) is 17.9 Å². The molecule has 0 spiro atoms. The van der Waals surface area contributed by atoms with E-state index >= 15 is 0 Å². The second kappa shape index (κ2) is 4.73. The topological polar surface area (TPSA) is 80.9 Å². The van der Waals surface area contributed by atoms with Crippen LogP contribution in [0.3, 0.4) is 0 Å². The van der Waals surface area contributed by atoms with Crippen LogP contribution in [0.1, 0.15) is 40.6 Å². The second-order valence-electron chi connectivity index (χ2n) is 4.53. The molecule has 2 aromatic heterocycles. The molecule has 0 atom stereocenters. The van der Waals surface area contributed by atoms with Crippen molar-refractivity contribution >= 4 is 21.9 Å². The van der Waals surface area contributed by atoms with Crippen LogP contribution in [0, 0.1) is 0 Å². The van der Waals surface area contributed by atoms with Gasteiger partial charge in [0.25, 0.3) is 0 Å². The zero-order valence-electron chi connectivity index (χ0n) is 9.95. The van der Waals surface area contributed by atoms with E-state index in [2.05, 4.69) is 31.2 Å². The summed E-state index contributed by atoms with van der Waals surface area (Å²) in [4.78, 5) is 15.4. The minimum absolute atomic E-state index is 0.0691. The standard InChI is InChI=1S/C12H11BrN4O2/c13-8-3-4-9(14-5-8)6-17-11(7-1-2-7)10(12(18)19)15-16-17/h3-5,7H,1-2,6H2,(H,18,19). The molecule has 98 valence electrons. The molecule has 1 fully saturated rings. The molecular formula is C12H11BrN4O2. The van der Waals surface area contributed by atoms with Crippen molar-refractivity contribution in [1.29, 1.82) is 0 Å². The van der Waals surface area contributed by atoms with Crippen molar-refractivity contribution in [3.05, 3.63) is 39.9 Å². The molecule has 0 unspecified atom stereocenters. The van der Waals surface area contributed by atoms with E-state index in [0.717, 1.165) is 28.7 Å². The molecule has 7 heteroatoms. The van der Waals surface area contributed by atoms with Crippen LogP contribution in [-0.4, -0.2) is 31.1 Å². The molecule has 2 heterocycles. The van der Waals surface area contributed by atoms with Gasteiger partial charge >= 0.3 is 5.97 Å². The number of nitrogens with zero attached hydrogens (tertiary/aromatic N) is 4. The number of aromatic carboxylic acids is 1. The van der Waals surface area contributed by atoms with Crippen LogP contribution < -0.4 is 0 Å². The molecule has 1 aliphatic rings. The fourth-order valence-corrected chi connectivity index (χ4v) is 2.24. The van der Waals surface area contributed by atoms with Gasteiger partial charge < -0.3 is 5.11 Å². The Bertz CT molecular complexity index is 619. The van der Waals surface area contributed by atoms with Crippen LogP contribution in [-0.2, 0) is 6.54 Å². The Labute approximate surface area is 117 Å². The Kier molecular flexibility index (Phi) is 3.06. The maximum atomic E-state index is 11.1. The summed E-state index contributed by atoms with van der Waals surface area (Å²) in [6, 6.07) is 3.77. The molecule has 0 radical (unpaired) electrons. The number of carbonyl (C=O) groups is 1. The van der Waals surface area contributed by atoms with Gasteiger partial charge in [0, 0.05) is 16.6 Å². The molecule has 6 nitrogen and oxygen atoms in total. The highest BCUT2D eigenvalue weighted by Gasteiger charge is 2.33. The lowest BCUT2D eigenvalue weighted by molar-refractivity contribution is 0.0689. The summed E-state index contributed by atoms with van der Waals surface area (Å²) in [6.45, 7) is 0.444. The third-order valence-electron chi connectivity index (χ3n) is 3.04. The summed E-state index contributed by atoms with van der Waals surface area (Å²) >= 11 is 3.33. The van der Waals surface area contributed by atoms with Crippen molar-refractivity contribution in [2.75, 3.05) is 0 Å². The van der Waals surface area contributed by atoms with Crippen molar-refractivity contribution in [2.24, 2.45) is 0 Å². The smallest absolute Gasteiger partial charge is 0.358 e. The van der Waals surface area contributed by atoms with Crippen LogP contribution in [0.15, 0.2) is 22.8 Å². The largest absolute Gasteiger partial charge is 0.476 e. The fraction of sp³-hybridized carbons (Fsp3) is 0.333. The lowest BCUT2D eigenvalue weighted by Gasteiger charge is -2.05. The molecule has 0 amide bonds. The van der Waals surface area contributed by atoms with Gasteiger partial charge in [-0.3, -0.25) is 4.98 Å². The lowest BCUT2D eigenvalue weighted by Crippen LogP contribution is -2.09. The van der Waals surface area contributed by atoms with Crippen molar-refractivity contribution in [3.8, 4) is 0 Å². The SMILES string of the molecule is O=C(O)c1nnn(Cc2ccc(Br)cn2)c1C1CC1. The first-order valence-electron chi connectivity index (χ1n) is 5.92. The minimum Gasteiger partial charge on any atom is -0.476 e. The van der Waals surface area contributed by atoms with Crippen LogP contribution in [0.2, 0.25) is 0 Å². The maximum Gasteiger partial charge on any atom is 0.358 e. The van der Waals surface area contributed by atoms with Gasteiger partial charge in [0.1, 0.15) is 0 Å². The second-order valence-corrected chi connectivity index (χ2v) is 5.44. The Morgan fingerprint density at radius 1 is 1.47 bits per heavy atom. The van der Waals surface area contributed by atoms with E-state index in [9.17, 15) is 4.79 Å². The molecule has 1 aliphatic carbocycles. The van der Waals surface area contributed by atoms with Crippen molar-refractivity contribution in [2.45, 2.75) is 25.3 Å². The van der Waals surface area contributed by atoms with Gasteiger partial charge in [-0.2, -0.15) is 0 Å². The zero-order valence-corrected chi connectivity index (χ0v) is 11.5. The monoisotopic (exact) mass is 322 g/mol. The molecule has 1 N–H and O–H groups in total. The summed E-state index contributed by atoms with van der Waals surface area (Å²) < 4.78 is 2.56. The first-order chi connectivity index (χ1) is 9.15. The highest BCUT2D eigenvalue weighted by atomic mass is 79.9. The highest BCUT2D eigenvalue weighted by Crippen LogP contribution is 2.41. The van der Waals surface area contributed by atoms with Gasteiger partial charge in [0.2, 0.25) is 0 Å². The number of rotatable bonds is 4. The Hall–Kier alpha value is -1.76. The average Bonchev–Trinajstić information content (AvgIpc) is 3.13. The van der Waals surface area contributed by atoms with Crippen molar-refractivity contribution in [3.63, 3.8) is 0 Å². The van der Waals surface area contributed by atoms with Crippen LogP contribution >= 0.6 is 15.9 Å². The normalized spacial score (nSPS) is 14.6. The van der Waals surface area contributed by atoms with E-state index in [1.165, 1.54) is 0 Å². The van der Waals surface area contributed by atoms with Gasteiger partial charge in [-0.1, -0.05) is 5.21 Å². The van der Waals surface area contributed by atoms with Gasteiger partial charge in [-0.25, -0.2) is 9.48 Å². The first kappa shape index (κ1) is 12.3. The number of carboxylic acids is 1. The summed E-state index contributed by atoms with van der Waals surface area (Å²) in [5.74, 6) is -0.742. The average molecular weight is 323 g/mol. The molecule has 3 rings (SSSR count). The number of hydrogen-bond acceptors (Lipinski definition) is 4. The van der Waals surface area contributed by atoms with E-state index < -0.39 is 5.97 Å². The first-order valence-corrected chi connectivity index (χ1v) is 6.71. The van der Waals surface area contributed by atoms with E-state index in [4.69, 9.17) is 5.11 Å². The highest BCUT2D eigenvalue weighted by molar-refractivity contribution is 9.10. The molecule has 0 saturated heterocycles. The molecular weight excluding hydrogens is 312 g/mol. The van der Waals surface area contributed by atoms with Gasteiger partial charge in [-0.05, 0) is 40.9 Å². The number of pyridine rings is 1. The maximum absolute atomic E-state index is 11.1. The Morgan fingerprint density at radius 2 is 2.26 bits per heavy atom. The summed E-state index contributed by atoms with van der Waals surface area (Å²) in [6.07, 6.45) is 3.71. The van der Waals surface area contributed by atoms with Gasteiger partial charge in [0.15, 0.2) is 5.69 Å². The molecule has 1 saturated carbocycles. The minimum atomic E-state index is -1.02. The third kappa shape index (κ3) is 2.51. The molecule has 19 heavy (non-hydrogen) atoms. The summed E-state index contributed by atoms with van der Waals surface area (Å²) in [5.41, 5.74) is 1.61. The molecule has 0 aromatic carbocycles. The third-order valence-corrected chi connectivity index (χ3v) is 3.51. The Balaban J connectivity index is 1.92. The quantitative estimate of drug-likeness (QED) is 0.931. The van der Waals surface area contributed by atoms with Crippen LogP contribution in [0.25, 0.3) is 0 Å². The van der Waals surface area contributed by atoms with Crippen LogP contribution in [0.5, 0.6) is 0 Å². The van der Waals surface area contributed by atoms with Gasteiger partial charge in [-0.15, -0.1) is 5.10 Å². The Morgan fingerprint density at radius 3 is 2.84 bits per heavy atom. The predicted octanol–water partition coefficient (Wildman–Crippen LogP) is 2.06. The molecule has 2 aromatic rings. The van der Waals surface area contributed by atoms with Crippen molar-refractivity contribution in [1.82, 2.24) is 20.0 Å². The van der Waals surface area contributed by atoms with E-state index in [1.807, 2.05) is 12.1 Å². The summed E-state index contributed by atoms with van der Waals surface area (Å²) in [7, 11) is 0. The van der Waals surface area contributed by atoms with E-state index in [-0.39, 0.29) is 11.6 Å². The molecule has 0 bridgehead atoms. The van der Waals surface area contributed by atoms with E-state index in [0.29, 0.717) is 6.54 Å². The number of carboxylic acid groups (broad SMARTS) is 1.